The maximum atomic E-state index is 10.8. The fourth-order valence-corrected chi connectivity index (χ4v) is 2.79. The number of carboxylic acid groups (broad SMARTS) is 1. The zero-order valence-electron chi connectivity index (χ0n) is 10.1. The number of hydrogen-bond donors (Lipinski definition) is 1. The van der Waals surface area contributed by atoms with Crippen molar-refractivity contribution in [3.05, 3.63) is 38.3 Å². The van der Waals surface area contributed by atoms with Crippen LogP contribution in [0.15, 0.2) is 22.7 Å². The normalized spacial score (nSPS) is 16.1. The van der Waals surface area contributed by atoms with E-state index in [4.69, 9.17) is 5.11 Å². The van der Waals surface area contributed by atoms with Crippen LogP contribution in [0.1, 0.15) is 12.0 Å². The van der Waals surface area contributed by atoms with E-state index in [0.717, 1.165) is 18.7 Å². The summed E-state index contributed by atoms with van der Waals surface area (Å²) in [6, 6.07) is 4.95. The van der Waals surface area contributed by atoms with Gasteiger partial charge in [0.1, 0.15) is 0 Å². The number of halogens is 1. The predicted octanol–water partition coefficient (Wildman–Crippen LogP) is 2.26. The Kier molecular flexibility index (Phi) is 4.16. The van der Waals surface area contributed by atoms with Gasteiger partial charge in [0.05, 0.1) is 15.8 Å². The highest BCUT2D eigenvalue weighted by molar-refractivity contribution is 9.10. The number of nitro benzene ring substituents is 1. The molecule has 1 aliphatic heterocycles. The van der Waals surface area contributed by atoms with Crippen molar-refractivity contribution in [2.45, 2.75) is 13.0 Å². The maximum Gasteiger partial charge on any atom is 0.303 e. The van der Waals surface area contributed by atoms with Crippen molar-refractivity contribution < 1.29 is 14.8 Å². The minimum atomic E-state index is -0.777. The van der Waals surface area contributed by atoms with Gasteiger partial charge >= 0.3 is 5.97 Å². The van der Waals surface area contributed by atoms with Crippen LogP contribution >= 0.6 is 15.9 Å². The lowest BCUT2D eigenvalue weighted by atomic mass is 9.96. The Labute approximate surface area is 118 Å². The van der Waals surface area contributed by atoms with Crippen molar-refractivity contribution in [1.29, 1.82) is 0 Å². The molecule has 7 heteroatoms. The molecule has 1 heterocycles. The van der Waals surface area contributed by atoms with E-state index in [2.05, 4.69) is 20.8 Å². The lowest BCUT2D eigenvalue weighted by Crippen LogP contribution is -2.46. The van der Waals surface area contributed by atoms with Gasteiger partial charge in [-0.1, -0.05) is 12.1 Å². The van der Waals surface area contributed by atoms with Gasteiger partial charge < -0.3 is 5.11 Å². The van der Waals surface area contributed by atoms with Gasteiger partial charge in [0.2, 0.25) is 0 Å². The van der Waals surface area contributed by atoms with Crippen LogP contribution in [-0.2, 0) is 11.3 Å². The smallest absolute Gasteiger partial charge is 0.303 e. The van der Waals surface area contributed by atoms with Crippen LogP contribution in [0.2, 0.25) is 0 Å². The molecular weight excluding hydrogens is 316 g/mol. The van der Waals surface area contributed by atoms with Crippen molar-refractivity contribution in [2.24, 2.45) is 5.92 Å². The zero-order chi connectivity index (χ0) is 14.0. The molecule has 0 unspecified atom stereocenters. The summed E-state index contributed by atoms with van der Waals surface area (Å²) >= 11 is 3.26. The summed E-state index contributed by atoms with van der Waals surface area (Å²) in [6.45, 7) is 2.04. The molecule has 0 aromatic heterocycles. The van der Waals surface area contributed by atoms with Gasteiger partial charge in [-0.2, -0.15) is 0 Å². The topological polar surface area (TPSA) is 83.7 Å². The molecule has 1 aromatic carbocycles. The third kappa shape index (κ3) is 3.30. The Hall–Kier alpha value is -1.47. The molecule has 19 heavy (non-hydrogen) atoms. The molecule has 6 nitrogen and oxygen atoms in total. The summed E-state index contributed by atoms with van der Waals surface area (Å²) in [5.41, 5.74) is 0.906. The van der Waals surface area contributed by atoms with Crippen molar-refractivity contribution >= 4 is 27.6 Å². The van der Waals surface area contributed by atoms with E-state index in [1.54, 1.807) is 6.07 Å². The second-order valence-electron chi connectivity index (χ2n) is 4.67. The highest BCUT2D eigenvalue weighted by atomic mass is 79.9. The Balaban J connectivity index is 1.96. The Morgan fingerprint density at radius 1 is 1.53 bits per heavy atom. The van der Waals surface area contributed by atoms with Crippen molar-refractivity contribution in [3.63, 3.8) is 0 Å². The third-order valence-electron chi connectivity index (χ3n) is 3.15. The zero-order valence-corrected chi connectivity index (χ0v) is 11.7. The second kappa shape index (κ2) is 5.66. The first-order chi connectivity index (χ1) is 8.97. The Morgan fingerprint density at radius 3 is 2.79 bits per heavy atom. The predicted molar refractivity (Wildman–Crippen MR) is 71.8 cm³/mol. The number of nitrogens with zero attached hydrogens (tertiary/aromatic N) is 2. The number of aliphatic carboxylic acids is 1. The van der Waals surface area contributed by atoms with Gasteiger partial charge in [-0.05, 0) is 27.4 Å². The molecular formula is C12H13BrN2O4. The fraction of sp³-hybridized carbons (Fsp3) is 0.417. The first kappa shape index (κ1) is 14.0. The van der Waals surface area contributed by atoms with E-state index in [0.29, 0.717) is 11.0 Å². The molecule has 1 aromatic rings. The second-order valence-corrected chi connectivity index (χ2v) is 5.46. The first-order valence-electron chi connectivity index (χ1n) is 5.83. The quantitative estimate of drug-likeness (QED) is 0.662. The summed E-state index contributed by atoms with van der Waals surface area (Å²) in [6.07, 6.45) is 0.187. The molecule has 1 N–H and O–H groups in total. The summed E-state index contributed by atoms with van der Waals surface area (Å²) in [7, 11) is 0. The number of benzene rings is 1. The van der Waals surface area contributed by atoms with Gasteiger partial charge in [-0.25, -0.2) is 0 Å². The lowest BCUT2D eigenvalue weighted by Gasteiger charge is -2.38. The van der Waals surface area contributed by atoms with Gasteiger partial charge in [-0.3, -0.25) is 19.8 Å². The van der Waals surface area contributed by atoms with Crippen LogP contribution in [-0.4, -0.2) is 34.0 Å². The van der Waals surface area contributed by atoms with Crippen LogP contribution < -0.4 is 0 Å². The average molecular weight is 329 g/mol. The number of likely N-dealkylation sites (tertiary alicyclic amines) is 1. The molecule has 1 aliphatic rings. The summed E-state index contributed by atoms with van der Waals surface area (Å²) < 4.78 is 0.502. The average Bonchev–Trinajstić information content (AvgIpc) is 2.27. The summed E-state index contributed by atoms with van der Waals surface area (Å²) in [5.74, 6) is -0.587. The molecule has 1 saturated heterocycles. The number of rotatable bonds is 5. The molecule has 0 saturated carbocycles. The molecule has 0 spiro atoms. The lowest BCUT2D eigenvalue weighted by molar-refractivity contribution is -0.385. The fourth-order valence-electron chi connectivity index (χ4n) is 2.25. The molecule has 0 bridgehead atoms. The van der Waals surface area contributed by atoms with Crippen LogP contribution in [0.5, 0.6) is 0 Å². The van der Waals surface area contributed by atoms with Crippen LogP contribution in [0, 0.1) is 16.0 Å². The highest BCUT2D eigenvalue weighted by Crippen LogP contribution is 2.31. The number of carboxylic acids is 1. The van der Waals surface area contributed by atoms with E-state index in [1.165, 1.54) is 6.07 Å². The number of nitro groups is 1. The van der Waals surface area contributed by atoms with E-state index in [1.807, 2.05) is 6.07 Å². The van der Waals surface area contributed by atoms with E-state index >= 15 is 0 Å². The number of carbonyl (C=O) groups is 1. The van der Waals surface area contributed by atoms with Crippen LogP contribution in [0.25, 0.3) is 0 Å². The third-order valence-corrected chi connectivity index (χ3v) is 4.06. The minimum Gasteiger partial charge on any atom is -0.481 e. The Bertz CT molecular complexity index is 514. The van der Waals surface area contributed by atoms with Gasteiger partial charge in [-0.15, -0.1) is 0 Å². The van der Waals surface area contributed by atoms with Gasteiger partial charge in [0.15, 0.2) is 0 Å². The SMILES string of the molecule is O=C(O)CC1CN(Cc2cccc([N+](=O)[O-])c2Br)C1. The minimum absolute atomic E-state index is 0.0557. The molecule has 0 atom stereocenters. The largest absolute Gasteiger partial charge is 0.481 e. The standard InChI is InChI=1S/C12H13BrN2O4/c13-12-9(2-1-3-10(12)15(18)19)7-14-5-8(6-14)4-11(16)17/h1-3,8H,4-7H2,(H,16,17). The van der Waals surface area contributed by atoms with Crippen LogP contribution in [0.3, 0.4) is 0 Å². The first-order valence-corrected chi connectivity index (χ1v) is 6.62. The Morgan fingerprint density at radius 2 is 2.21 bits per heavy atom. The van der Waals surface area contributed by atoms with E-state index in [-0.39, 0.29) is 18.0 Å². The summed E-state index contributed by atoms with van der Waals surface area (Å²) in [5, 5.41) is 19.5. The number of hydrogen-bond acceptors (Lipinski definition) is 4. The maximum absolute atomic E-state index is 10.8. The van der Waals surface area contributed by atoms with E-state index < -0.39 is 10.9 Å². The van der Waals surface area contributed by atoms with Crippen LogP contribution in [0.4, 0.5) is 5.69 Å². The summed E-state index contributed by atoms with van der Waals surface area (Å²) in [4.78, 5) is 23.0. The van der Waals surface area contributed by atoms with Gasteiger partial charge in [0, 0.05) is 25.7 Å². The molecule has 0 amide bonds. The van der Waals surface area contributed by atoms with Crippen molar-refractivity contribution in [3.8, 4) is 0 Å². The van der Waals surface area contributed by atoms with E-state index in [9.17, 15) is 14.9 Å². The molecule has 0 aliphatic carbocycles. The molecule has 2 rings (SSSR count). The van der Waals surface area contributed by atoms with Crippen molar-refractivity contribution in [1.82, 2.24) is 4.90 Å². The monoisotopic (exact) mass is 328 g/mol. The van der Waals surface area contributed by atoms with Crippen molar-refractivity contribution in [2.75, 3.05) is 13.1 Å². The molecule has 0 radical (unpaired) electrons. The highest BCUT2D eigenvalue weighted by Gasteiger charge is 2.29. The van der Waals surface area contributed by atoms with Gasteiger partial charge in [0.25, 0.3) is 5.69 Å². The molecule has 1 fully saturated rings. The molecule has 102 valence electrons.